The first kappa shape index (κ1) is 13.8. The van der Waals surface area contributed by atoms with Crippen LogP contribution < -0.4 is 11.1 Å². The van der Waals surface area contributed by atoms with E-state index in [0.717, 1.165) is 38.8 Å². The van der Waals surface area contributed by atoms with E-state index < -0.39 is 0 Å². The van der Waals surface area contributed by atoms with Gasteiger partial charge in [0.15, 0.2) is 0 Å². The van der Waals surface area contributed by atoms with E-state index in [1.807, 2.05) is 0 Å². The minimum absolute atomic E-state index is 0.183. The first-order chi connectivity index (χ1) is 8.74. The van der Waals surface area contributed by atoms with Crippen molar-refractivity contribution < 1.29 is 9.53 Å². The molecule has 0 spiro atoms. The van der Waals surface area contributed by atoms with E-state index in [9.17, 15) is 4.79 Å². The van der Waals surface area contributed by atoms with Crippen molar-refractivity contribution in [2.45, 2.75) is 50.3 Å². The van der Waals surface area contributed by atoms with E-state index in [1.54, 1.807) is 7.11 Å². The lowest BCUT2D eigenvalue weighted by atomic mass is 9.94. The van der Waals surface area contributed by atoms with Crippen LogP contribution >= 0.6 is 0 Å². The molecule has 3 unspecified atom stereocenters. The smallest absolute Gasteiger partial charge is 0.221 e. The molecule has 2 fully saturated rings. The molecule has 3 atom stereocenters. The Morgan fingerprint density at radius 2 is 2.33 bits per heavy atom. The first-order valence-corrected chi connectivity index (χ1v) is 7.00. The van der Waals surface area contributed by atoms with E-state index >= 15 is 0 Å². The van der Waals surface area contributed by atoms with Gasteiger partial charge in [-0.15, -0.1) is 0 Å². The van der Waals surface area contributed by atoms with Gasteiger partial charge in [0.25, 0.3) is 0 Å². The number of rotatable bonds is 3. The third-order valence-electron chi connectivity index (χ3n) is 4.24. The Morgan fingerprint density at radius 1 is 1.50 bits per heavy atom. The fraction of sp³-hybridized carbons (Fsp3) is 0.923. The molecule has 5 nitrogen and oxygen atoms in total. The van der Waals surface area contributed by atoms with Crippen molar-refractivity contribution >= 4 is 5.91 Å². The number of carbonyl (C=O) groups excluding carboxylic acids is 1. The molecule has 0 bridgehead atoms. The van der Waals surface area contributed by atoms with Gasteiger partial charge in [-0.3, -0.25) is 9.69 Å². The predicted molar refractivity (Wildman–Crippen MR) is 70.2 cm³/mol. The number of likely N-dealkylation sites (tertiary alicyclic amines) is 1. The van der Waals surface area contributed by atoms with Crippen LogP contribution in [0.1, 0.15) is 32.1 Å². The Labute approximate surface area is 109 Å². The zero-order chi connectivity index (χ0) is 13.0. The summed E-state index contributed by atoms with van der Waals surface area (Å²) in [4.78, 5) is 14.1. The van der Waals surface area contributed by atoms with Crippen molar-refractivity contribution in [1.29, 1.82) is 0 Å². The van der Waals surface area contributed by atoms with E-state index in [-0.39, 0.29) is 5.91 Å². The highest BCUT2D eigenvalue weighted by atomic mass is 16.5. The van der Waals surface area contributed by atoms with Gasteiger partial charge < -0.3 is 15.8 Å². The Balaban J connectivity index is 1.99. The van der Waals surface area contributed by atoms with Gasteiger partial charge in [0.1, 0.15) is 0 Å². The van der Waals surface area contributed by atoms with Crippen molar-refractivity contribution in [3.8, 4) is 0 Å². The molecule has 3 N–H and O–H groups in total. The summed E-state index contributed by atoms with van der Waals surface area (Å²) >= 11 is 0. The third kappa shape index (κ3) is 3.22. The summed E-state index contributed by atoms with van der Waals surface area (Å²) in [5, 5.41) is 2.94. The van der Waals surface area contributed by atoms with E-state index in [2.05, 4.69) is 10.2 Å². The average Bonchev–Trinajstić information content (AvgIpc) is 2.62. The lowest BCUT2D eigenvalue weighted by Crippen LogP contribution is -2.53. The van der Waals surface area contributed by atoms with Crippen LogP contribution in [0.25, 0.3) is 0 Å². The lowest BCUT2D eigenvalue weighted by molar-refractivity contribution is -0.122. The molecule has 0 radical (unpaired) electrons. The summed E-state index contributed by atoms with van der Waals surface area (Å²) in [5.74, 6) is 0.183. The van der Waals surface area contributed by atoms with Crippen LogP contribution in [-0.4, -0.2) is 55.7 Å². The lowest BCUT2D eigenvalue weighted by Gasteiger charge is -2.42. The number of nitrogens with two attached hydrogens (primary N) is 1. The number of nitrogens with one attached hydrogen (secondary N) is 1. The maximum absolute atomic E-state index is 11.7. The minimum atomic E-state index is 0.183. The van der Waals surface area contributed by atoms with Gasteiger partial charge in [0, 0.05) is 45.2 Å². The molecular weight excluding hydrogens is 230 g/mol. The maximum Gasteiger partial charge on any atom is 0.221 e. The van der Waals surface area contributed by atoms with Crippen molar-refractivity contribution in [2.75, 3.05) is 26.7 Å². The van der Waals surface area contributed by atoms with Crippen LogP contribution in [-0.2, 0) is 9.53 Å². The molecule has 0 aromatic carbocycles. The number of ether oxygens (including phenoxy) is 1. The number of amides is 1. The second kappa shape index (κ2) is 6.50. The second-order valence-electron chi connectivity index (χ2n) is 5.36. The topological polar surface area (TPSA) is 67.6 Å². The van der Waals surface area contributed by atoms with Gasteiger partial charge in [0.05, 0.1) is 6.10 Å². The number of carbonyl (C=O) groups is 1. The molecule has 2 rings (SSSR count). The Morgan fingerprint density at radius 3 is 3.06 bits per heavy atom. The van der Waals surface area contributed by atoms with E-state index in [4.69, 9.17) is 10.5 Å². The van der Waals surface area contributed by atoms with Crippen molar-refractivity contribution in [2.24, 2.45) is 5.73 Å². The van der Waals surface area contributed by atoms with Crippen LogP contribution in [0.4, 0.5) is 0 Å². The highest BCUT2D eigenvalue weighted by molar-refractivity contribution is 5.76. The maximum atomic E-state index is 11.7. The number of piperidine rings is 1. The summed E-state index contributed by atoms with van der Waals surface area (Å²) in [6, 6.07) is 0.721. The van der Waals surface area contributed by atoms with Crippen LogP contribution in [0.5, 0.6) is 0 Å². The number of hydrogen-bond donors (Lipinski definition) is 2. The van der Waals surface area contributed by atoms with Crippen LogP contribution in [0.15, 0.2) is 0 Å². The van der Waals surface area contributed by atoms with Crippen molar-refractivity contribution in [3.63, 3.8) is 0 Å². The van der Waals surface area contributed by atoms with Gasteiger partial charge >= 0.3 is 0 Å². The molecule has 104 valence electrons. The van der Waals surface area contributed by atoms with Gasteiger partial charge in [-0.25, -0.2) is 0 Å². The summed E-state index contributed by atoms with van der Waals surface area (Å²) in [7, 11) is 1.77. The molecule has 0 aromatic rings. The Kier molecular flexibility index (Phi) is 4.97. The highest BCUT2D eigenvalue weighted by Gasteiger charge is 2.33. The molecule has 0 aliphatic carbocycles. The number of methoxy groups -OCH3 is 1. The largest absolute Gasteiger partial charge is 0.381 e. The predicted octanol–water partition coefficient (Wildman–Crippen LogP) is 0.0932. The summed E-state index contributed by atoms with van der Waals surface area (Å²) in [5.41, 5.74) is 5.89. The van der Waals surface area contributed by atoms with Gasteiger partial charge in [-0.2, -0.15) is 0 Å². The third-order valence-corrected chi connectivity index (χ3v) is 4.24. The first-order valence-electron chi connectivity index (χ1n) is 7.00. The van der Waals surface area contributed by atoms with Gasteiger partial charge in [-0.1, -0.05) is 0 Å². The van der Waals surface area contributed by atoms with E-state index in [0.29, 0.717) is 31.2 Å². The fourth-order valence-corrected chi connectivity index (χ4v) is 3.20. The molecule has 18 heavy (non-hydrogen) atoms. The summed E-state index contributed by atoms with van der Waals surface area (Å²) in [6.07, 6.45) is 5.14. The van der Waals surface area contributed by atoms with E-state index in [1.165, 1.54) is 0 Å². The zero-order valence-corrected chi connectivity index (χ0v) is 11.2. The van der Waals surface area contributed by atoms with Crippen LogP contribution in [0, 0.1) is 0 Å². The second-order valence-corrected chi connectivity index (χ2v) is 5.36. The minimum Gasteiger partial charge on any atom is -0.381 e. The highest BCUT2D eigenvalue weighted by Crippen LogP contribution is 2.25. The zero-order valence-electron chi connectivity index (χ0n) is 11.2. The van der Waals surface area contributed by atoms with Gasteiger partial charge in [0.2, 0.25) is 5.91 Å². The van der Waals surface area contributed by atoms with Crippen molar-refractivity contribution in [3.05, 3.63) is 0 Å². The van der Waals surface area contributed by atoms with Crippen LogP contribution in [0.2, 0.25) is 0 Å². The fourth-order valence-electron chi connectivity index (χ4n) is 3.20. The molecule has 0 aromatic heterocycles. The SMILES string of the molecule is COC1CCN(C2CCCNC(=O)C2)C(CN)C1. The number of hydrogen-bond acceptors (Lipinski definition) is 4. The molecule has 2 aliphatic rings. The standard InChI is InChI=1S/C13H25N3O2/c1-18-12-4-6-16(11(7-12)9-14)10-3-2-5-15-13(17)8-10/h10-12H,2-9,14H2,1H3,(H,15,17). The average molecular weight is 255 g/mol. The molecule has 2 aliphatic heterocycles. The molecule has 2 heterocycles. The quantitative estimate of drug-likeness (QED) is 0.750. The monoisotopic (exact) mass is 255 g/mol. The normalized spacial score (nSPS) is 35.0. The number of nitrogens with zero attached hydrogens (tertiary/aromatic N) is 1. The molecular formula is C13H25N3O2. The van der Waals surface area contributed by atoms with Gasteiger partial charge in [-0.05, 0) is 25.7 Å². The summed E-state index contributed by atoms with van der Waals surface area (Å²) in [6.45, 7) is 2.47. The Hall–Kier alpha value is -0.650. The van der Waals surface area contributed by atoms with Crippen molar-refractivity contribution in [1.82, 2.24) is 10.2 Å². The Bertz CT molecular complexity index is 285. The van der Waals surface area contributed by atoms with Crippen LogP contribution in [0.3, 0.4) is 0 Å². The molecule has 5 heteroatoms. The molecule has 1 amide bonds. The molecule has 0 saturated carbocycles. The summed E-state index contributed by atoms with van der Waals surface area (Å²) < 4.78 is 5.44. The molecule has 2 saturated heterocycles.